The molecule has 1 aromatic carbocycles. The minimum atomic E-state index is -3.18. The number of carbonyl (C=O) groups is 1. The summed E-state index contributed by atoms with van der Waals surface area (Å²) in [5.41, 5.74) is 1.64. The molecule has 0 bridgehead atoms. The molecule has 0 N–H and O–H groups in total. The summed E-state index contributed by atoms with van der Waals surface area (Å²) in [6, 6.07) is 7.69. The standard InChI is InChI=1S/C19H27N5O3S/c1-28(26,27)24-11-5-4-7-17(24)15-9-12-22(13-10-15)19(25)14-23-18-8-3-2-6-16(18)20-21-23/h2-3,6,8,15,17H,4-5,7,9-14H2,1H3/t17-/m0/s1. The summed E-state index contributed by atoms with van der Waals surface area (Å²) in [6.45, 7) is 2.15. The zero-order valence-electron chi connectivity index (χ0n) is 16.2. The second kappa shape index (κ2) is 7.79. The van der Waals surface area contributed by atoms with Crippen LogP contribution in [0.25, 0.3) is 11.0 Å². The molecule has 0 spiro atoms. The number of nitrogens with zero attached hydrogens (tertiary/aromatic N) is 5. The highest BCUT2D eigenvalue weighted by Gasteiger charge is 2.37. The van der Waals surface area contributed by atoms with E-state index in [1.807, 2.05) is 29.2 Å². The lowest BCUT2D eigenvalue weighted by Crippen LogP contribution is -2.50. The van der Waals surface area contributed by atoms with Crippen molar-refractivity contribution in [1.29, 1.82) is 0 Å². The molecule has 2 aromatic rings. The lowest BCUT2D eigenvalue weighted by Gasteiger charge is -2.42. The maximum Gasteiger partial charge on any atom is 0.244 e. The van der Waals surface area contributed by atoms with Crippen molar-refractivity contribution in [2.24, 2.45) is 5.92 Å². The summed E-state index contributed by atoms with van der Waals surface area (Å²) in [6.07, 6.45) is 5.95. The second-order valence-electron chi connectivity index (χ2n) is 7.89. The minimum Gasteiger partial charge on any atom is -0.341 e. The molecule has 1 aromatic heterocycles. The van der Waals surface area contributed by atoms with Crippen molar-refractivity contribution >= 4 is 27.0 Å². The van der Waals surface area contributed by atoms with Crippen molar-refractivity contribution in [1.82, 2.24) is 24.2 Å². The van der Waals surface area contributed by atoms with E-state index < -0.39 is 10.0 Å². The average Bonchev–Trinajstić information content (AvgIpc) is 3.10. The Morgan fingerprint density at radius 2 is 1.86 bits per heavy atom. The van der Waals surface area contributed by atoms with Crippen LogP contribution in [-0.2, 0) is 21.4 Å². The molecule has 28 heavy (non-hydrogen) atoms. The van der Waals surface area contributed by atoms with E-state index in [1.54, 1.807) is 8.99 Å². The van der Waals surface area contributed by atoms with E-state index in [4.69, 9.17) is 0 Å². The Hall–Kier alpha value is -2.00. The van der Waals surface area contributed by atoms with Crippen molar-refractivity contribution in [3.63, 3.8) is 0 Å². The number of carbonyl (C=O) groups excluding carboxylic acids is 1. The van der Waals surface area contributed by atoms with Crippen LogP contribution < -0.4 is 0 Å². The van der Waals surface area contributed by atoms with Gasteiger partial charge in [-0.05, 0) is 43.7 Å². The second-order valence-corrected chi connectivity index (χ2v) is 9.83. The van der Waals surface area contributed by atoms with Crippen LogP contribution in [0, 0.1) is 5.92 Å². The Labute approximate surface area is 165 Å². The highest BCUT2D eigenvalue weighted by atomic mass is 32.2. The molecule has 2 aliphatic rings. The van der Waals surface area contributed by atoms with Gasteiger partial charge >= 0.3 is 0 Å². The van der Waals surface area contributed by atoms with Crippen LogP contribution in [0.15, 0.2) is 24.3 Å². The third kappa shape index (κ3) is 3.91. The first-order valence-corrected chi connectivity index (χ1v) is 11.8. The van der Waals surface area contributed by atoms with Gasteiger partial charge in [-0.2, -0.15) is 4.31 Å². The summed E-state index contributed by atoms with van der Waals surface area (Å²) < 4.78 is 27.6. The molecule has 2 fully saturated rings. The third-order valence-electron chi connectivity index (χ3n) is 6.07. The summed E-state index contributed by atoms with van der Waals surface area (Å²) in [5, 5.41) is 8.20. The Kier molecular flexibility index (Phi) is 5.37. The maximum atomic E-state index is 12.7. The highest BCUT2D eigenvalue weighted by molar-refractivity contribution is 7.88. The molecule has 0 unspecified atom stereocenters. The molecule has 3 heterocycles. The molecule has 0 radical (unpaired) electrons. The number of para-hydroxylation sites is 1. The molecule has 152 valence electrons. The monoisotopic (exact) mass is 405 g/mol. The van der Waals surface area contributed by atoms with E-state index in [2.05, 4.69) is 10.3 Å². The van der Waals surface area contributed by atoms with Gasteiger partial charge < -0.3 is 4.90 Å². The van der Waals surface area contributed by atoms with E-state index in [0.29, 0.717) is 25.6 Å². The minimum absolute atomic E-state index is 0.0396. The highest BCUT2D eigenvalue weighted by Crippen LogP contribution is 2.32. The predicted molar refractivity (Wildman–Crippen MR) is 106 cm³/mol. The summed E-state index contributed by atoms with van der Waals surface area (Å²) >= 11 is 0. The molecule has 1 atom stereocenters. The molecule has 9 heteroatoms. The number of hydrogen-bond acceptors (Lipinski definition) is 5. The number of piperidine rings is 2. The molecule has 8 nitrogen and oxygen atoms in total. The van der Waals surface area contributed by atoms with Crippen LogP contribution in [0.3, 0.4) is 0 Å². The molecule has 2 saturated heterocycles. The Bertz CT molecular complexity index is 949. The fraction of sp³-hybridized carbons (Fsp3) is 0.632. The predicted octanol–water partition coefficient (Wildman–Crippen LogP) is 1.48. The van der Waals surface area contributed by atoms with Gasteiger partial charge in [0, 0.05) is 25.7 Å². The maximum absolute atomic E-state index is 12.7. The van der Waals surface area contributed by atoms with Crippen LogP contribution in [0.2, 0.25) is 0 Å². The van der Waals surface area contributed by atoms with Gasteiger partial charge in [-0.15, -0.1) is 5.10 Å². The summed E-state index contributed by atoms with van der Waals surface area (Å²) in [7, 11) is -3.18. The molecule has 1 amide bonds. The lowest BCUT2D eigenvalue weighted by atomic mass is 9.85. The fourth-order valence-electron chi connectivity index (χ4n) is 4.61. The van der Waals surface area contributed by atoms with E-state index in [0.717, 1.165) is 43.1 Å². The van der Waals surface area contributed by atoms with Crippen LogP contribution in [0.5, 0.6) is 0 Å². The molecular weight excluding hydrogens is 378 g/mol. The molecular formula is C19H27N5O3S. The number of hydrogen-bond donors (Lipinski definition) is 0. The zero-order valence-corrected chi connectivity index (χ0v) is 17.0. The number of rotatable bonds is 4. The van der Waals surface area contributed by atoms with Crippen LogP contribution >= 0.6 is 0 Å². The Morgan fingerprint density at radius 1 is 1.11 bits per heavy atom. The first-order valence-electron chi connectivity index (χ1n) is 9.96. The number of likely N-dealkylation sites (tertiary alicyclic amines) is 1. The van der Waals surface area contributed by atoms with Gasteiger partial charge in [-0.3, -0.25) is 4.79 Å². The summed E-state index contributed by atoms with van der Waals surface area (Å²) in [4.78, 5) is 14.6. The van der Waals surface area contributed by atoms with Crippen molar-refractivity contribution < 1.29 is 13.2 Å². The summed E-state index contributed by atoms with van der Waals surface area (Å²) in [5.74, 6) is 0.365. The van der Waals surface area contributed by atoms with Crippen molar-refractivity contribution in [3.8, 4) is 0 Å². The van der Waals surface area contributed by atoms with Gasteiger partial charge in [-0.25, -0.2) is 13.1 Å². The molecule has 0 saturated carbocycles. The molecule has 4 rings (SSSR count). The van der Waals surface area contributed by atoms with Gasteiger partial charge in [0.2, 0.25) is 15.9 Å². The Balaban J connectivity index is 1.37. The lowest BCUT2D eigenvalue weighted by molar-refractivity contribution is -0.133. The van der Waals surface area contributed by atoms with Gasteiger partial charge in [0.15, 0.2) is 0 Å². The van der Waals surface area contributed by atoms with E-state index in [1.165, 1.54) is 6.26 Å². The number of sulfonamides is 1. The molecule has 2 aliphatic heterocycles. The topological polar surface area (TPSA) is 88.4 Å². The third-order valence-corrected chi connectivity index (χ3v) is 7.37. The fourth-order valence-corrected chi connectivity index (χ4v) is 5.84. The van der Waals surface area contributed by atoms with Crippen LogP contribution in [0.1, 0.15) is 32.1 Å². The van der Waals surface area contributed by atoms with E-state index in [-0.39, 0.29) is 18.5 Å². The van der Waals surface area contributed by atoms with Crippen molar-refractivity contribution in [2.45, 2.75) is 44.7 Å². The number of amides is 1. The van der Waals surface area contributed by atoms with Gasteiger partial charge in [0.25, 0.3) is 0 Å². The largest absolute Gasteiger partial charge is 0.341 e. The normalized spacial score (nSPS) is 22.6. The van der Waals surface area contributed by atoms with E-state index >= 15 is 0 Å². The van der Waals surface area contributed by atoms with Crippen LogP contribution in [-0.4, -0.2) is 70.5 Å². The van der Waals surface area contributed by atoms with Gasteiger partial charge in [0.05, 0.1) is 11.8 Å². The first kappa shape index (κ1) is 19.3. The van der Waals surface area contributed by atoms with Crippen molar-refractivity contribution in [3.05, 3.63) is 24.3 Å². The van der Waals surface area contributed by atoms with Crippen LogP contribution in [0.4, 0.5) is 0 Å². The smallest absolute Gasteiger partial charge is 0.244 e. The molecule has 0 aliphatic carbocycles. The van der Waals surface area contributed by atoms with Gasteiger partial charge in [0.1, 0.15) is 12.1 Å². The Morgan fingerprint density at radius 3 is 2.61 bits per heavy atom. The number of benzene rings is 1. The van der Waals surface area contributed by atoms with Crippen molar-refractivity contribution in [2.75, 3.05) is 25.9 Å². The number of aromatic nitrogens is 3. The zero-order chi connectivity index (χ0) is 19.7. The first-order chi connectivity index (χ1) is 13.4. The quantitative estimate of drug-likeness (QED) is 0.769. The number of fused-ring (bicyclic) bond motifs is 1. The average molecular weight is 406 g/mol. The van der Waals surface area contributed by atoms with E-state index in [9.17, 15) is 13.2 Å². The van der Waals surface area contributed by atoms with Gasteiger partial charge in [-0.1, -0.05) is 23.8 Å². The SMILES string of the molecule is CS(=O)(=O)N1CCCC[C@H]1C1CCN(C(=O)Cn2nnc3ccccc32)CC1.